The van der Waals surface area contributed by atoms with Gasteiger partial charge in [-0.25, -0.2) is 0 Å². The minimum atomic E-state index is -1.01. The molecule has 0 aliphatic carbocycles. The first-order valence-corrected chi connectivity index (χ1v) is 13.9. The van der Waals surface area contributed by atoms with Gasteiger partial charge in [-0.05, 0) is 73.7 Å². The highest BCUT2D eigenvalue weighted by Crippen LogP contribution is 2.46. The van der Waals surface area contributed by atoms with Crippen LogP contribution in [-0.2, 0) is 17.8 Å². The Morgan fingerprint density at radius 1 is 1.13 bits per heavy atom. The van der Waals surface area contributed by atoms with Crippen LogP contribution in [-0.4, -0.2) is 34.7 Å². The van der Waals surface area contributed by atoms with Gasteiger partial charge in [0.05, 0.1) is 16.8 Å². The van der Waals surface area contributed by atoms with E-state index in [1.165, 1.54) is 6.20 Å². The van der Waals surface area contributed by atoms with Crippen molar-refractivity contribution in [3.63, 3.8) is 0 Å². The number of ether oxygens (including phenoxy) is 1. The molecule has 0 spiro atoms. The summed E-state index contributed by atoms with van der Waals surface area (Å²) in [5.74, 6) is 0.692. The minimum Gasteiger partial charge on any atom is -0.618 e. The maximum Gasteiger partial charge on any atom is 0.238 e. The highest BCUT2D eigenvalue weighted by Gasteiger charge is 2.48. The molecule has 2 aliphatic heterocycles. The quantitative estimate of drug-likeness (QED) is 0.323. The van der Waals surface area contributed by atoms with Gasteiger partial charge in [-0.3, -0.25) is 0 Å². The van der Waals surface area contributed by atoms with E-state index in [4.69, 9.17) is 16.3 Å². The van der Waals surface area contributed by atoms with Crippen LogP contribution in [0.2, 0.25) is 5.02 Å². The fraction of sp³-hybridized carbons (Fsp3) is 0.406. The van der Waals surface area contributed by atoms with Crippen LogP contribution in [0.3, 0.4) is 0 Å². The van der Waals surface area contributed by atoms with Crippen molar-refractivity contribution in [1.82, 2.24) is 4.90 Å². The number of rotatable bonds is 5. The smallest absolute Gasteiger partial charge is 0.238 e. The van der Waals surface area contributed by atoms with E-state index >= 15 is 0 Å². The molecule has 0 amide bonds. The normalized spacial score (nSPS) is 22.1. The number of likely N-dealkylation sites (tertiary alicyclic amines) is 1. The number of pyridine rings is 1. The summed E-state index contributed by atoms with van der Waals surface area (Å²) in [6.07, 6.45) is 5.05. The van der Waals surface area contributed by atoms with Crippen molar-refractivity contribution in [3.8, 4) is 5.75 Å². The van der Waals surface area contributed by atoms with E-state index < -0.39 is 11.2 Å². The molecule has 0 unspecified atom stereocenters. The predicted molar refractivity (Wildman–Crippen MR) is 153 cm³/mol. The van der Waals surface area contributed by atoms with Gasteiger partial charge in [-0.15, -0.1) is 0 Å². The Labute approximate surface area is 235 Å². The third-order valence-electron chi connectivity index (χ3n) is 8.34. The Morgan fingerprint density at radius 3 is 2.56 bits per heavy atom. The number of hydrogen-bond acceptors (Lipinski definition) is 5. The van der Waals surface area contributed by atoms with Crippen molar-refractivity contribution in [2.24, 2.45) is 5.41 Å². The molecule has 1 fully saturated rings. The zero-order valence-electron chi connectivity index (χ0n) is 23.1. The number of nitrogens with zero attached hydrogens (tertiary/aromatic N) is 2. The standard InChI is InChI=1S/C32H37ClN2O4/c1-30(2)21-34(18-15-32(30,37)22-9-12-24(33)13-10-22)16-5-7-25-26-8-6-17-35(38)28(26)20-39-29-14-11-23(19-27(25)29)31(3,4)36/h6-14,17,19,36-37H,5,15-16,18,20-21H2,1-4H3/t32-/m1/s1. The minimum absolute atomic E-state index is 0.176. The van der Waals surface area contributed by atoms with E-state index in [2.05, 4.69) is 24.8 Å². The third-order valence-corrected chi connectivity index (χ3v) is 8.59. The van der Waals surface area contributed by atoms with Gasteiger partial charge in [0.2, 0.25) is 5.69 Å². The first-order valence-electron chi connectivity index (χ1n) is 13.5. The number of halogens is 1. The van der Waals surface area contributed by atoms with E-state index in [1.807, 2.05) is 48.5 Å². The molecule has 0 radical (unpaired) electrons. The molecular formula is C32H37ClN2O4. The van der Waals surface area contributed by atoms with Gasteiger partial charge < -0.3 is 25.1 Å². The summed E-state index contributed by atoms with van der Waals surface area (Å²) < 4.78 is 6.93. The molecule has 3 heterocycles. The van der Waals surface area contributed by atoms with E-state index in [0.29, 0.717) is 22.9 Å². The Bertz CT molecular complexity index is 1390. The first-order chi connectivity index (χ1) is 18.4. The van der Waals surface area contributed by atoms with Crippen LogP contribution in [0.5, 0.6) is 5.75 Å². The van der Waals surface area contributed by atoms with E-state index in [-0.39, 0.29) is 12.0 Å². The average molecular weight is 549 g/mol. The summed E-state index contributed by atoms with van der Waals surface area (Å²) in [7, 11) is 0. The molecule has 1 saturated heterocycles. The van der Waals surface area contributed by atoms with Crippen LogP contribution in [0, 0.1) is 10.6 Å². The van der Waals surface area contributed by atoms with E-state index in [9.17, 15) is 15.4 Å². The molecule has 1 atom stereocenters. The summed E-state index contributed by atoms with van der Waals surface area (Å²) in [5, 5.41) is 35.7. The molecule has 5 rings (SSSR count). The zero-order valence-corrected chi connectivity index (χ0v) is 23.8. The lowest BCUT2D eigenvalue weighted by molar-refractivity contribution is -0.616. The zero-order chi connectivity index (χ0) is 28.0. The van der Waals surface area contributed by atoms with Gasteiger partial charge >= 0.3 is 0 Å². The first kappa shape index (κ1) is 27.7. The Kier molecular flexibility index (Phi) is 7.27. The molecular weight excluding hydrogens is 512 g/mol. The van der Waals surface area contributed by atoms with Gasteiger partial charge in [0.25, 0.3) is 0 Å². The molecule has 0 saturated carbocycles. The number of hydrogen-bond donors (Lipinski definition) is 2. The molecule has 7 heteroatoms. The number of aromatic nitrogens is 1. The summed E-state index contributed by atoms with van der Waals surface area (Å²) in [5.41, 5.74) is 2.59. The van der Waals surface area contributed by atoms with Crippen molar-refractivity contribution >= 4 is 17.2 Å². The predicted octanol–water partition coefficient (Wildman–Crippen LogP) is 5.53. The number of piperidine rings is 1. The molecule has 1 aromatic heterocycles. The molecule has 0 bridgehead atoms. The second-order valence-electron chi connectivity index (χ2n) is 11.9. The molecule has 206 valence electrons. The van der Waals surface area contributed by atoms with Crippen LogP contribution < -0.4 is 9.47 Å². The monoisotopic (exact) mass is 548 g/mol. The van der Waals surface area contributed by atoms with Crippen LogP contribution in [0.25, 0.3) is 5.57 Å². The molecule has 39 heavy (non-hydrogen) atoms. The van der Waals surface area contributed by atoms with Crippen LogP contribution in [0.15, 0.2) is 66.9 Å². The highest BCUT2D eigenvalue weighted by atomic mass is 35.5. The average Bonchev–Trinajstić information content (AvgIpc) is 3.03. The van der Waals surface area contributed by atoms with Crippen molar-refractivity contribution in [2.45, 2.75) is 58.3 Å². The van der Waals surface area contributed by atoms with Gasteiger partial charge in [-0.2, -0.15) is 4.73 Å². The molecule has 2 aliphatic rings. The van der Waals surface area contributed by atoms with E-state index in [0.717, 1.165) is 58.6 Å². The fourth-order valence-electron chi connectivity index (χ4n) is 5.94. The van der Waals surface area contributed by atoms with Crippen molar-refractivity contribution in [2.75, 3.05) is 19.6 Å². The molecule has 2 N–H and O–H groups in total. The Morgan fingerprint density at radius 2 is 1.87 bits per heavy atom. The number of fused-ring (bicyclic) bond motifs is 2. The maximum absolute atomic E-state index is 12.7. The van der Waals surface area contributed by atoms with Gasteiger partial charge in [-0.1, -0.05) is 49.7 Å². The van der Waals surface area contributed by atoms with Crippen LogP contribution in [0.1, 0.15) is 68.5 Å². The topological polar surface area (TPSA) is 79.9 Å². The molecule has 2 aromatic carbocycles. The summed E-state index contributed by atoms with van der Waals surface area (Å²) in [4.78, 5) is 2.39. The molecule has 6 nitrogen and oxygen atoms in total. The lowest BCUT2D eigenvalue weighted by Gasteiger charge is -2.50. The van der Waals surface area contributed by atoms with Gasteiger partial charge in [0, 0.05) is 41.7 Å². The van der Waals surface area contributed by atoms with Crippen LogP contribution >= 0.6 is 11.6 Å². The Hall–Kier alpha value is -2.90. The number of aliphatic hydroxyl groups is 2. The second-order valence-corrected chi connectivity index (χ2v) is 12.4. The number of benzene rings is 2. The summed E-state index contributed by atoms with van der Waals surface area (Å²) >= 11 is 6.09. The maximum atomic E-state index is 12.7. The fourth-order valence-corrected chi connectivity index (χ4v) is 6.06. The molecule has 3 aromatic rings. The SMILES string of the molecule is CC(C)(O)c1ccc2c(c1)C(=CCCN1CC[C@@](O)(c3ccc(Cl)cc3)C(C)(C)C1)c1ccc[n+]([O-])c1CO2. The lowest BCUT2D eigenvalue weighted by Crippen LogP contribution is -2.55. The Balaban J connectivity index is 1.41. The van der Waals surface area contributed by atoms with Gasteiger partial charge in [0.1, 0.15) is 5.75 Å². The van der Waals surface area contributed by atoms with Gasteiger partial charge in [0.15, 0.2) is 12.8 Å². The highest BCUT2D eigenvalue weighted by molar-refractivity contribution is 6.30. The largest absolute Gasteiger partial charge is 0.618 e. The van der Waals surface area contributed by atoms with Crippen molar-refractivity contribution in [3.05, 3.63) is 105 Å². The van der Waals surface area contributed by atoms with Crippen LogP contribution in [0.4, 0.5) is 0 Å². The third kappa shape index (κ3) is 5.31. The van der Waals surface area contributed by atoms with Crippen molar-refractivity contribution < 1.29 is 19.7 Å². The lowest BCUT2D eigenvalue weighted by atomic mass is 9.66. The van der Waals surface area contributed by atoms with Crippen molar-refractivity contribution in [1.29, 1.82) is 0 Å². The summed E-state index contributed by atoms with van der Waals surface area (Å²) in [6, 6.07) is 17.0. The second kappa shape index (κ2) is 10.3. The summed E-state index contributed by atoms with van der Waals surface area (Å²) in [6.45, 7) is 10.3. The van der Waals surface area contributed by atoms with E-state index in [1.54, 1.807) is 19.9 Å².